The molecule has 0 atom stereocenters. The molecule has 0 amide bonds. The maximum Gasteiger partial charge on any atom is 0.253 e. The first kappa shape index (κ1) is 13.7. The number of rotatable bonds is 3. The maximum absolute atomic E-state index is 11.3. The number of thioether (sulfide) groups is 1. The van der Waals surface area contributed by atoms with E-state index in [0.29, 0.717) is 10.3 Å². The van der Waals surface area contributed by atoms with E-state index in [0.717, 1.165) is 14.6 Å². The second kappa shape index (κ2) is 5.59. The molecule has 0 bridgehead atoms. The van der Waals surface area contributed by atoms with E-state index in [4.69, 9.17) is 0 Å². The summed E-state index contributed by atoms with van der Waals surface area (Å²) in [7, 11) is 0. The highest BCUT2D eigenvalue weighted by atomic mass is 79.9. The zero-order valence-corrected chi connectivity index (χ0v) is 13.3. The van der Waals surface area contributed by atoms with Crippen LogP contribution in [0, 0.1) is 0 Å². The van der Waals surface area contributed by atoms with Crippen LogP contribution in [0.2, 0.25) is 0 Å². The number of nitrogens with zero attached hydrogens (tertiary/aromatic N) is 1. The van der Waals surface area contributed by atoms with Gasteiger partial charge in [0, 0.05) is 16.3 Å². The van der Waals surface area contributed by atoms with Gasteiger partial charge in [-0.25, -0.2) is 4.98 Å². The van der Waals surface area contributed by atoms with Crippen LogP contribution in [0.25, 0.3) is 10.3 Å². The molecule has 3 aromatic rings. The number of fused-ring (bicyclic) bond motifs is 1. The molecule has 4 nitrogen and oxygen atoms in total. The molecule has 0 aliphatic carbocycles. The summed E-state index contributed by atoms with van der Waals surface area (Å²) >= 11 is 6.36. The molecule has 0 radical (unpaired) electrons. The third kappa shape index (κ3) is 2.89. The Morgan fingerprint density at radius 2 is 2.10 bits per heavy atom. The van der Waals surface area contributed by atoms with Gasteiger partial charge in [0.05, 0.1) is 0 Å². The Morgan fingerprint density at radius 3 is 2.85 bits per heavy atom. The molecule has 0 spiro atoms. The van der Waals surface area contributed by atoms with Gasteiger partial charge < -0.3 is 10.1 Å². The van der Waals surface area contributed by atoms with Gasteiger partial charge in [-0.3, -0.25) is 4.79 Å². The van der Waals surface area contributed by atoms with E-state index >= 15 is 0 Å². The van der Waals surface area contributed by atoms with Gasteiger partial charge >= 0.3 is 0 Å². The molecule has 2 aromatic heterocycles. The van der Waals surface area contributed by atoms with Crippen molar-refractivity contribution < 1.29 is 5.11 Å². The average Bonchev–Trinajstić information content (AvgIpc) is 2.81. The lowest BCUT2D eigenvalue weighted by molar-refractivity contribution is 0.481. The smallest absolute Gasteiger partial charge is 0.253 e. The molecule has 102 valence electrons. The summed E-state index contributed by atoms with van der Waals surface area (Å²) < 4.78 is 2.48. The fourth-order valence-electron chi connectivity index (χ4n) is 1.69. The number of pyridine rings is 1. The average molecular weight is 369 g/mol. The van der Waals surface area contributed by atoms with Crippen LogP contribution in [0.15, 0.2) is 43.9 Å². The Morgan fingerprint density at radius 1 is 1.35 bits per heavy atom. The van der Waals surface area contributed by atoms with E-state index in [9.17, 15) is 9.90 Å². The molecule has 3 rings (SSSR count). The Bertz CT molecular complexity index is 811. The molecule has 0 aliphatic rings. The number of hydrogen-bond acceptors (Lipinski definition) is 5. The Labute approximate surface area is 131 Å². The second-order valence-electron chi connectivity index (χ2n) is 4.09. The van der Waals surface area contributed by atoms with Crippen molar-refractivity contribution in [2.24, 2.45) is 0 Å². The van der Waals surface area contributed by atoms with Gasteiger partial charge in [-0.05, 0) is 17.7 Å². The monoisotopic (exact) mass is 368 g/mol. The first-order valence-electron chi connectivity index (χ1n) is 5.72. The van der Waals surface area contributed by atoms with Crippen molar-refractivity contribution in [3.05, 3.63) is 50.7 Å². The van der Waals surface area contributed by atoms with Gasteiger partial charge in [0.2, 0.25) is 0 Å². The Balaban J connectivity index is 1.83. The predicted octanol–water partition coefficient (Wildman–Crippen LogP) is 3.75. The summed E-state index contributed by atoms with van der Waals surface area (Å²) in [6.07, 6.45) is 0. The number of benzene rings is 1. The third-order valence-electron chi connectivity index (χ3n) is 2.63. The minimum absolute atomic E-state index is 0.0169. The summed E-state index contributed by atoms with van der Waals surface area (Å²) in [4.78, 5) is 18.2. The van der Waals surface area contributed by atoms with E-state index in [1.807, 2.05) is 24.3 Å². The van der Waals surface area contributed by atoms with Gasteiger partial charge in [0.1, 0.15) is 10.4 Å². The van der Waals surface area contributed by atoms with Crippen LogP contribution < -0.4 is 5.56 Å². The molecule has 0 fully saturated rings. The lowest BCUT2D eigenvalue weighted by Crippen LogP contribution is -2.02. The Kier molecular flexibility index (Phi) is 3.82. The molecule has 2 N–H and O–H groups in total. The van der Waals surface area contributed by atoms with Crippen LogP contribution in [-0.2, 0) is 5.75 Å². The molecule has 0 aliphatic heterocycles. The summed E-state index contributed by atoms with van der Waals surface area (Å²) in [5, 5.41) is 9.72. The third-order valence-corrected chi connectivity index (χ3v) is 5.45. The van der Waals surface area contributed by atoms with E-state index in [1.165, 1.54) is 23.0 Å². The number of H-pyrrole nitrogens is 1. The van der Waals surface area contributed by atoms with Crippen molar-refractivity contribution in [3.63, 3.8) is 0 Å². The number of aromatic nitrogens is 2. The molecule has 20 heavy (non-hydrogen) atoms. The van der Waals surface area contributed by atoms with E-state index in [-0.39, 0.29) is 11.3 Å². The molecule has 2 heterocycles. The first-order chi connectivity index (χ1) is 9.61. The molecular formula is C13H9BrN2O2S2. The highest BCUT2D eigenvalue weighted by molar-refractivity contribution is 9.10. The second-order valence-corrected chi connectivity index (χ2v) is 7.23. The SMILES string of the molecule is O=c1cc(O)c2sc(SCc3ccc(Br)cc3)nc2[nH]1. The van der Waals surface area contributed by atoms with Crippen molar-refractivity contribution in [2.45, 2.75) is 10.1 Å². The van der Waals surface area contributed by atoms with Crippen molar-refractivity contribution in [1.82, 2.24) is 9.97 Å². The van der Waals surface area contributed by atoms with Crippen LogP contribution in [0.5, 0.6) is 5.75 Å². The van der Waals surface area contributed by atoms with Crippen LogP contribution >= 0.6 is 39.0 Å². The van der Waals surface area contributed by atoms with Crippen molar-refractivity contribution >= 4 is 49.4 Å². The standard InChI is InChI=1S/C13H9BrN2O2S2/c14-8-3-1-7(2-4-8)6-19-13-16-12-11(20-13)9(17)5-10(18)15-12/h1-5H,6H2,(H2,15,17,18). The largest absolute Gasteiger partial charge is 0.506 e. The lowest BCUT2D eigenvalue weighted by Gasteiger charge is -1.98. The highest BCUT2D eigenvalue weighted by Gasteiger charge is 2.10. The van der Waals surface area contributed by atoms with E-state index < -0.39 is 0 Å². The molecule has 0 saturated carbocycles. The van der Waals surface area contributed by atoms with Crippen molar-refractivity contribution in [2.75, 3.05) is 0 Å². The highest BCUT2D eigenvalue weighted by Crippen LogP contribution is 2.34. The van der Waals surface area contributed by atoms with Gasteiger partial charge in [0.15, 0.2) is 9.99 Å². The van der Waals surface area contributed by atoms with Gasteiger partial charge in [-0.15, -0.1) is 11.3 Å². The van der Waals surface area contributed by atoms with Crippen LogP contribution in [0.3, 0.4) is 0 Å². The van der Waals surface area contributed by atoms with Crippen LogP contribution in [-0.4, -0.2) is 15.1 Å². The molecule has 1 aromatic carbocycles. The Hall–Kier alpha value is -1.31. The zero-order valence-electron chi connectivity index (χ0n) is 10.1. The topological polar surface area (TPSA) is 66.0 Å². The number of aromatic hydroxyl groups is 1. The number of aromatic amines is 1. The zero-order chi connectivity index (χ0) is 14.1. The van der Waals surface area contributed by atoms with E-state index in [2.05, 4.69) is 25.9 Å². The summed E-state index contributed by atoms with van der Waals surface area (Å²) in [5.41, 5.74) is 1.29. The van der Waals surface area contributed by atoms with Crippen molar-refractivity contribution in [3.8, 4) is 5.75 Å². The molecule has 0 unspecified atom stereocenters. The molecule has 7 heteroatoms. The first-order valence-corrected chi connectivity index (χ1v) is 8.31. The summed E-state index contributed by atoms with van der Waals surface area (Å²) in [5.74, 6) is 0.773. The summed E-state index contributed by atoms with van der Waals surface area (Å²) in [6.45, 7) is 0. The number of hydrogen-bond donors (Lipinski definition) is 2. The predicted molar refractivity (Wildman–Crippen MR) is 85.6 cm³/mol. The molecular weight excluding hydrogens is 360 g/mol. The quantitative estimate of drug-likeness (QED) is 0.691. The number of thiazole rings is 1. The fraction of sp³-hybridized carbons (Fsp3) is 0.0769. The summed E-state index contributed by atoms with van der Waals surface area (Å²) in [6, 6.07) is 9.26. The minimum atomic E-state index is -0.343. The van der Waals surface area contributed by atoms with Crippen LogP contribution in [0.4, 0.5) is 0 Å². The van der Waals surface area contributed by atoms with Gasteiger partial charge in [-0.2, -0.15) is 0 Å². The maximum atomic E-state index is 11.3. The van der Waals surface area contributed by atoms with E-state index in [1.54, 1.807) is 11.8 Å². The minimum Gasteiger partial charge on any atom is -0.506 e. The fourth-order valence-corrected chi connectivity index (χ4v) is 3.92. The number of nitrogens with one attached hydrogen (secondary N) is 1. The number of halogens is 1. The normalized spacial score (nSPS) is 11.1. The van der Waals surface area contributed by atoms with Crippen molar-refractivity contribution in [1.29, 1.82) is 0 Å². The van der Waals surface area contributed by atoms with Gasteiger partial charge in [0.25, 0.3) is 5.56 Å². The van der Waals surface area contributed by atoms with Gasteiger partial charge in [-0.1, -0.05) is 39.8 Å². The molecule has 0 saturated heterocycles. The lowest BCUT2D eigenvalue weighted by atomic mass is 10.2. The van der Waals surface area contributed by atoms with Crippen LogP contribution in [0.1, 0.15) is 5.56 Å².